The number of carbonyl (C=O) groups is 1. The lowest BCUT2D eigenvalue weighted by Crippen LogP contribution is -2.27. The van der Waals surface area contributed by atoms with E-state index in [1.54, 1.807) is 6.20 Å². The van der Waals surface area contributed by atoms with Gasteiger partial charge in [0.15, 0.2) is 0 Å². The van der Waals surface area contributed by atoms with Gasteiger partial charge in [0, 0.05) is 35.9 Å². The minimum Gasteiger partial charge on any atom is -0.361 e. The third-order valence-electron chi connectivity index (χ3n) is 5.76. The number of anilines is 2. The number of nitrogens with zero attached hydrogens (tertiary/aromatic N) is 2. The lowest BCUT2D eigenvalue weighted by atomic mass is 10.0. The molecule has 2 aromatic carbocycles. The normalized spacial score (nSPS) is 13.3. The van der Waals surface area contributed by atoms with Gasteiger partial charge in [0.2, 0.25) is 0 Å². The zero-order valence-corrected chi connectivity index (χ0v) is 16.8. The zero-order chi connectivity index (χ0) is 20.3. The molecule has 0 saturated carbocycles. The van der Waals surface area contributed by atoms with Crippen molar-refractivity contribution in [2.24, 2.45) is 0 Å². The van der Waals surface area contributed by atoms with Crippen LogP contribution in [-0.4, -0.2) is 29.0 Å². The number of aryl methyl sites for hydroxylation is 1. The number of carbonyl (C=O) groups excluding carboxylic acids is 1. The highest BCUT2D eigenvalue weighted by Gasteiger charge is 2.18. The quantitative estimate of drug-likeness (QED) is 0.517. The second-order valence-electron chi connectivity index (χ2n) is 7.65. The van der Waals surface area contributed by atoms with Crippen LogP contribution in [0.25, 0.3) is 10.9 Å². The zero-order valence-electron chi connectivity index (χ0n) is 16.8. The van der Waals surface area contributed by atoms with E-state index in [2.05, 4.69) is 56.6 Å². The van der Waals surface area contributed by atoms with Crippen molar-refractivity contribution in [2.45, 2.75) is 19.3 Å². The van der Waals surface area contributed by atoms with Crippen LogP contribution in [-0.2, 0) is 12.8 Å². The van der Waals surface area contributed by atoms with Gasteiger partial charge in [-0.3, -0.25) is 4.79 Å². The first kappa shape index (κ1) is 18.4. The molecule has 2 N–H and O–H groups in total. The summed E-state index contributed by atoms with van der Waals surface area (Å²) >= 11 is 0. The van der Waals surface area contributed by atoms with Gasteiger partial charge in [-0.05, 0) is 54.7 Å². The van der Waals surface area contributed by atoms with Gasteiger partial charge in [-0.15, -0.1) is 0 Å². The summed E-state index contributed by atoms with van der Waals surface area (Å²) in [6, 6.07) is 20.5. The molecule has 30 heavy (non-hydrogen) atoms. The van der Waals surface area contributed by atoms with Crippen LogP contribution in [0.15, 0.2) is 73.1 Å². The van der Waals surface area contributed by atoms with Crippen LogP contribution < -0.4 is 10.2 Å². The van der Waals surface area contributed by atoms with Gasteiger partial charge in [-0.25, -0.2) is 4.98 Å². The van der Waals surface area contributed by atoms with Crippen LogP contribution in [0.5, 0.6) is 0 Å². The standard InChI is InChI=1S/C25H24N4O/c30-25(26-14-13-19-16-27-22-9-3-2-8-21(19)22)23-12-11-20(17-28-23)29-15-5-7-18-6-1-4-10-24(18)29/h1-4,6,8-12,16-17,27H,5,7,13-15H2,(H,26,30). The van der Waals surface area contributed by atoms with Crippen molar-refractivity contribution in [3.63, 3.8) is 0 Å². The molecule has 0 bridgehead atoms. The van der Waals surface area contributed by atoms with Crippen molar-refractivity contribution in [1.82, 2.24) is 15.3 Å². The number of aromatic amines is 1. The number of hydrogen-bond donors (Lipinski definition) is 2. The molecule has 5 rings (SSSR count). The Morgan fingerprint density at radius 3 is 2.83 bits per heavy atom. The smallest absolute Gasteiger partial charge is 0.269 e. The lowest BCUT2D eigenvalue weighted by Gasteiger charge is -2.31. The predicted molar refractivity (Wildman–Crippen MR) is 120 cm³/mol. The van der Waals surface area contributed by atoms with Gasteiger partial charge in [-0.2, -0.15) is 0 Å². The van der Waals surface area contributed by atoms with Crippen molar-refractivity contribution < 1.29 is 4.79 Å². The molecule has 5 heteroatoms. The Hall–Kier alpha value is -3.60. The van der Waals surface area contributed by atoms with Crippen LogP contribution in [0, 0.1) is 0 Å². The molecule has 5 nitrogen and oxygen atoms in total. The van der Waals surface area contributed by atoms with Crippen LogP contribution in [0.2, 0.25) is 0 Å². The molecule has 150 valence electrons. The van der Waals surface area contributed by atoms with E-state index >= 15 is 0 Å². The monoisotopic (exact) mass is 396 g/mol. The molecule has 0 atom stereocenters. The first-order chi connectivity index (χ1) is 14.8. The first-order valence-electron chi connectivity index (χ1n) is 10.4. The van der Waals surface area contributed by atoms with Crippen molar-refractivity contribution >= 4 is 28.2 Å². The molecule has 0 fully saturated rings. The average molecular weight is 396 g/mol. The SMILES string of the molecule is O=C(NCCc1c[nH]c2ccccc12)c1ccc(N2CCCc3ccccc32)cn1. The number of hydrogen-bond acceptors (Lipinski definition) is 3. The van der Waals surface area contributed by atoms with E-state index in [0.717, 1.165) is 37.0 Å². The minimum atomic E-state index is -0.138. The third-order valence-corrected chi connectivity index (χ3v) is 5.76. The van der Waals surface area contributed by atoms with Gasteiger partial charge < -0.3 is 15.2 Å². The van der Waals surface area contributed by atoms with E-state index in [4.69, 9.17) is 0 Å². The summed E-state index contributed by atoms with van der Waals surface area (Å²) in [6.07, 6.45) is 6.82. The Morgan fingerprint density at radius 2 is 1.93 bits per heavy atom. The highest BCUT2D eigenvalue weighted by Crippen LogP contribution is 2.32. The maximum atomic E-state index is 12.5. The van der Waals surface area contributed by atoms with Gasteiger partial charge in [0.05, 0.1) is 11.9 Å². The first-order valence-corrected chi connectivity index (χ1v) is 10.4. The van der Waals surface area contributed by atoms with Crippen molar-refractivity contribution in [3.05, 3.63) is 89.9 Å². The number of H-pyrrole nitrogens is 1. The summed E-state index contributed by atoms with van der Waals surface area (Å²) in [6.45, 7) is 1.54. The predicted octanol–water partition coefficient (Wildman–Crippen LogP) is 4.62. The molecular weight excluding hydrogens is 372 g/mol. The van der Waals surface area contributed by atoms with E-state index < -0.39 is 0 Å². The number of pyridine rings is 1. The molecule has 0 unspecified atom stereocenters. The molecule has 4 aromatic rings. The Morgan fingerprint density at radius 1 is 1.07 bits per heavy atom. The summed E-state index contributed by atoms with van der Waals surface area (Å²) in [5.41, 5.74) is 6.40. The lowest BCUT2D eigenvalue weighted by molar-refractivity contribution is 0.0949. The number of nitrogens with one attached hydrogen (secondary N) is 2. The fraction of sp³-hybridized carbons (Fsp3) is 0.200. The van der Waals surface area contributed by atoms with Crippen LogP contribution in [0.3, 0.4) is 0 Å². The number of fused-ring (bicyclic) bond motifs is 2. The molecule has 0 radical (unpaired) electrons. The van der Waals surface area contributed by atoms with E-state index in [1.165, 1.54) is 22.2 Å². The fourth-order valence-electron chi connectivity index (χ4n) is 4.22. The van der Waals surface area contributed by atoms with Crippen molar-refractivity contribution in [2.75, 3.05) is 18.0 Å². The molecule has 2 aromatic heterocycles. The second kappa shape index (κ2) is 8.03. The van der Waals surface area contributed by atoms with Crippen molar-refractivity contribution in [1.29, 1.82) is 0 Å². The Kier molecular flexibility index (Phi) is 4.93. The van der Waals surface area contributed by atoms with E-state index in [-0.39, 0.29) is 5.91 Å². The summed E-state index contributed by atoms with van der Waals surface area (Å²) < 4.78 is 0. The fourth-order valence-corrected chi connectivity index (χ4v) is 4.22. The number of benzene rings is 2. The molecule has 3 heterocycles. The highest BCUT2D eigenvalue weighted by atomic mass is 16.1. The molecule has 0 aliphatic carbocycles. The summed E-state index contributed by atoms with van der Waals surface area (Å²) in [4.78, 5) is 22.5. The number of para-hydroxylation sites is 2. The topological polar surface area (TPSA) is 61.0 Å². The Labute approximate surface area is 175 Å². The van der Waals surface area contributed by atoms with Gasteiger partial charge in [0.1, 0.15) is 5.69 Å². The second-order valence-corrected chi connectivity index (χ2v) is 7.65. The summed E-state index contributed by atoms with van der Waals surface area (Å²) in [5, 5.41) is 4.19. The van der Waals surface area contributed by atoms with E-state index in [9.17, 15) is 4.79 Å². The van der Waals surface area contributed by atoms with Crippen LogP contribution >= 0.6 is 0 Å². The highest BCUT2D eigenvalue weighted by molar-refractivity contribution is 5.92. The van der Waals surface area contributed by atoms with Gasteiger partial charge in [-0.1, -0.05) is 36.4 Å². The average Bonchev–Trinajstić information content (AvgIpc) is 3.22. The molecular formula is C25H24N4O. The number of rotatable bonds is 5. The molecule has 1 aliphatic rings. The summed E-state index contributed by atoms with van der Waals surface area (Å²) in [5.74, 6) is -0.138. The van der Waals surface area contributed by atoms with E-state index in [1.807, 2.05) is 30.5 Å². The van der Waals surface area contributed by atoms with Crippen molar-refractivity contribution in [3.8, 4) is 0 Å². The summed E-state index contributed by atoms with van der Waals surface area (Å²) in [7, 11) is 0. The number of aromatic nitrogens is 2. The molecule has 0 saturated heterocycles. The maximum Gasteiger partial charge on any atom is 0.269 e. The Bertz CT molecular complexity index is 1180. The van der Waals surface area contributed by atoms with Crippen LogP contribution in [0.4, 0.5) is 11.4 Å². The molecule has 1 aliphatic heterocycles. The molecule has 0 spiro atoms. The van der Waals surface area contributed by atoms with E-state index in [0.29, 0.717) is 12.2 Å². The maximum absolute atomic E-state index is 12.5. The number of amides is 1. The third kappa shape index (κ3) is 3.54. The van der Waals surface area contributed by atoms with Crippen LogP contribution in [0.1, 0.15) is 28.0 Å². The molecule has 1 amide bonds. The van der Waals surface area contributed by atoms with Gasteiger partial charge in [0.25, 0.3) is 5.91 Å². The van der Waals surface area contributed by atoms with Gasteiger partial charge >= 0.3 is 0 Å². The Balaban J connectivity index is 1.23. The minimum absolute atomic E-state index is 0.138. The largest absolute Gasteiger partial charge is 0.361 e.